The Balaban J connectivity index is 1.80. The molecule has 2 aliphatic carbocycles. The van der Waals surface area contributed by atoms with Gasteiger partial charge in [0, 0.05) is 17.5 Å². The van der Waals surface area contributed by atoms with Crippen LogP contribution in [0.3, 0.4) is 0 Å². The molecule has 1 heterocycles. The first-order valence-electron chi connectivity index (χ1n) is 6.79. The predicted octanol–water partition coefficient (Wildman–Crippen LogP) is 2.15. The lowest BCUT2D eigenvalue weighted by atomic mass is 9.86. The fourth-order valence-corrected chi connectivity index (χ4v) is 3.90. The van der Waals surface area contributed by atoms with E-state index in [4.69, 9.17) is 5.11 Å². The van der Waals surface area contributed by atoms with Crippen LogP contribution < -0.4 is 0 Å². The standard InChI is InChI=1S/C14H19NO2S/c16-8-7-15(10-4-5-10)14(17)12-2-1-3-13-11(12)6-9-18-13/h6,9-10,12,16H,1-5,7-8H2. The monoisotopic (exact) mass is 265 g/mol. The van der Waals surface area contributed by atoms with Crippen molar-refractivity contribution >= 4 is 17.2 Å². The van der Waals surface area contributed by atoms with E-state index in [0.717, 1.165) is 32.1 Å². The molecule has 1 unspecified atom stereocenters. The number of carbonyl (C=O) groups excluding carboxylic acids is 1. The van der Waals surface area contributed by atoms with Crippen LogP contribution in [0.4, 0.5) is 0 Å². The van der Waals surface area contributed by atoms with Crippen LogP contribution in [0.1, 0.15) is 42.0 Å². The van der Waals surface area contributed by atoms with Gasteiger partial charge in [-0.1, -0.05) is 0 Å². The average molecular weight is 265 g/mol. The molecule has 3 rings (SSSR count). The first-order valence-corrected chi connectivity index (χ1v) is 7.67. The van der Waals surface area contributed by atoms with Gasteiger partial charge >= 0.3 is 0 Å². The number of fused-ring (bicyclic) bond motifs is 1. The SMILES string of the molecule is O=C(C1CCCc2sccc21)N(CCO)C1CC1. The van der Waals surface area contributed by atoms with Gasteiger partial charge in [0.2, 0.25) is 5.91 Å². The summed E-state index contributed by atoms with van der Waals surface area (Å²) in [5.41, 5.74) is 1.25. The molecule has 0 radical (unpaired) electrons. The molecule has 0 aliphatic heterocycles. The molecule has 4 heteroatoms. The highest BCUT2D eigenvalue weighted by atomic mass is 32.1. The normalized spacial score (nSPS) is 22.6. The Labute approximate surface area is 111 Å². The van der Waals surface area contributed by atoms with E-state index in [9.17, 15) is 4.79 Å². The third-order valence-electron chi connectivity index (χ3n) is 3.96. The Kier molecular flexibility index (Phi) is 3.39. The van der Waals surface area contributed by atoms with Crippen molar-refractivity contribution < 1.29 is 9.90 Å². The molecule has 0 saturated heterocycles. The van der Waals surface area contributed by atoms with E-state index < -0.39 is 0 Å². The molecule has 0 aromatic carbocycles. The minimum absolute atomic E-state index is 0.0483. The van der Waals surface area contributed by atoms with Crippen LogP contribution >= 0.6 is 11.3 Å². The summed E-state index contributed by atoms with van der Waals surface area (Å²) < 4.78 is 0. The number of aryl methyl sites for hydroxylation is 1. The maximum atomic E-state index is 12.6. The lowest BCUT2D eigenvalue weighted by Gasteiger charge is -2.29. The van der Waals surface area contributed by atoms with Crippen molar-refractivity contribution in [1.82, 2.24) is 4.90 Å². The zero-order chi connectivity index (χ0) is 12.5. The maximum Gasteiger partial charge on any atom is 0.230 e. The Bertz CT molecular complexity index is 439. The number of hydrogen-bond donors (Lipinski definition) is 1. The topological polar surface area (TPSA) is 40.5 Å². The number of hydrogen-bond acceptors (Lipinski definition) is 3. The van der Waals surface area contributed by atoms with Crippen LogP contribution in [0.5, 0.6) is 0 Å². The molecule has 2 aliphatic rings. The molecule has 1 N–H and O–H groups in total. The second-order valence-corrected chi connectivity index (χ2v) is 6.23. The second kappa shape index (κ2) is 5.02. The smallest absolute Gasteiger partial charge is 0.230 e. The Morgan fingerprint density at radius 1 is 1.44 bits per heavy atom. The van der Waals surface area contributed by atoms with E-state index in [1.54, 1.807) is 11.3 Å². The molecule has 1 fully saturated rings. The molecule has 3 nitrogen and oxygen atoms in total. The average Bonchev–Trinajstić information content (AvgIpc) is 3.11. The van der Waals surface area contributed by atoms with Crippen LogP contribution in [-0.4, -0.2) is 35.1 Å². The summed E-state index contributed by atoms with van der Waals surface area (Å²) in [5.74, 6) is 0.290. The van der Waals surface area contributed by atoms with Crippen molar-refractivity contribution in [3.8, 4) is 0 Å². The Hall–Kier alpha value is -0.870. The zero-order valence-corrected chi connectivity index (χ0v) is 11.3. The van der Waals surface area contributed by atoms with Crippen molar-refractivity contribution in [3.63, 3.8) is 0 Å². The number of thiophene rings is 1. The third-order valence-corrected chi connectivity index (χ3v) is 4.96. The summed E-state index contributed by atoms with van der Waals surface area (Å²) in [5, 5.41) is 11.2. The zero-order valence-electron chi connectivity index (χ0n) is 10.5. The van der Waals surface area contributed by atoms with Crippen LogP contribution in [0, 0.1) is 0 Å². The third kappa shape index (κ3) is 2.19. The largest absolute Gasteiger partial charge is 0.395 e. The van der Waals surface area contributed by atoms with Gasteiger partial charge in [-0.05, 0) is 49.1 Å². The lowest BCUT2D eigenvalue weighted by molar-refractivity contribution is -0.134. The van der Waals surface area contributed by atoms with Gasteiger partial charge in [0.1, 0.15) is 0 Å². The first kappa shape index (κ1) is 12.2. The number of aliphatic hydroxyl groups is 1. The molecule has 98 valence electrons. The van der Waals surface area contributed by atoms with Crippen molar-refractivity contribution in [1.29, 1.82) is 0 Å². The van der Waals surface area contributed by atoms with Gasteiger partial charge < -0.3 is 10.0 Å². The Morgan fingerprint density at radius 2 is 2.28 bits per heavy atom. The summed E-state index contributed by atoms with van der Waals surface area (Å²) in [4.78, 5) is 16.0. The molecular formula is C14H19NO2S. The molecular weight excluding hydrogens is 246 g/mol. The van der Waals surface area contributed by atoms with Gasteiger partial charge in [-0.15, -0.1) is 11.3 Å². The van der Waals surface area contributed by atoms with Gasteiger partial charge in [-0.2, -0.15) is 0 Å². The van der Waals surface area contributed by atoms with E-state index in [0.29, 0.717) is 12.6 Å². The maximum absolute atomic E-state index is 12.6. The van der Waals surface area contributed by atoms with Crippen molar-refractivity contribution in [2.45, 2.75) is 44.1 Å². The van der Waals surface area contributed by atoms with E-state index in [1.165, 1.54) is 10.4 Å². The summed E-state index contributed by atoms with van der Waals surface area (Å²) in [6.07, 6.45) is 5.42. The van der Waals surface area contributed by atoms with Crippen molar-refractivity contribution in [3.05, 3.63) is 21.9 Å². The molecule has 18 heavy (non-hydrogen) atoms. The fourth-order valence-electron chi connectivity index (χ4n) is 2.91. The van der Waals surface area contributed by atoms with E-state index >= 15 is 0 Å². The molecule has 1 aromatic rings. The van der Waals surface area contributed by atoms with E-state index in [-0.39, 0.29) is 18.4 Å². The van der Waals surface area contributed by atoms with Crippen molar-refractivity contribution in [2.24, 2.45) is 0 Å². The summed E-state index contributed by atoms with van der Waals surface area (Å²) >= 11 is 1.78. The summed E-state index contributed by atoms with van der Waals surface area (Å²) in [7, 11) is 0. The van der Waals surface area contributed by atoms with Crippen LogP contribution in [0.2, 0.25) is 0 Å². The highest BCUT2D eigenvalue weighted by Crippen LogP contribution is 2.38. The Morgan fingerprint density at radius 3 is 3.00 bits per heavy atom. The molecule has 0 spiro atoms. The van der Waals surface area contributed by atoms with Crippen molar-refractivity contribution in [2.75, 3.05) is 13.2 Å². The molecule has 1 atom stereocenters. The van der Waals surface area contributed by atoms with Crippen LogP contribution in [0.25, 0.3) is 0 Å². The predicted molar refractivity (Wildman–Crippen MR) is 71.8 cm³/mol. The highest BCUT2D eigenvalue weighted by Gasteiger charge is 2.37. The number of amides is 1. The van der Waals surface area contributed by atoms with Gasteiger partial charge in [0.15, 0.2) is 0 Å². The van der Waals surface area contributed by atoms with Crippen LogP contribution in [0.15, 0.2) is 11.4 Å². The summed E-state index contributed by atoms with van der Waals surface area (Å²) in [6.45, 7) is 0.574. The molecule has 1 saturated carbocycles. The van der Waals surface area contributed by atoms with Gasteiger partial charge in [-0.3, -0.25) is 4.79 Å². The quantitative estimate of drug-likeness (QED) is 0.906. The molecule has 1 amide bonds. The molecule has 1 aromatic heterocycles. The second-order valence-electron chi connectivity index (χ2n) is 5.23. The van der Waals surface area contributed by atoms with E-state index in [2.05, 4.69) is 11.4 Å². The van der Waals surface area contributed by atoms with Crippen LogP contribution in [-0.2, 0) is 11.2 Å². The minimum atomic E-state index is 0.0483. The number of nitrogens with zero attached hydrogens (tertiary/aromatic N) is 1. The van der Waals surface area contributed by atoms with Gasteiger partial charge in [-0.25, -0.2) is 0 Å². The fraction of sp³-hybridized carbons (Fsp3) is 0.643. The first-order chi connectivity index (χ1) is 8.81. The van der Waals surface area contributed by atoms with Gasteiger partial charge in [0.05, 0.1) is 12.5 Å². The minimum Gasteiger partial charge on any atom is -0.395 e. The number of carbonyl (C=O) groups is 1. The highest BCUT2D eigenvalue weighted by molar-refractivity contribution is 7.10. The summed E-state index contributed by atoms with van der Waals surface area (Å²) in [6, 6.07) is 2.51. The number of aliphatic hydroxyl groups excluding tert-OH is 1. The molecule has 0 bridgehead atoms. The van der Waals surface area contributed by atoms with E-state index in [1.807, 2.05) is 4.90 Å². The lowest BCUT2D eigenvalue weighted by Crippen LogP contribution is -2.39. The number of rotatable bonds is 4. The van der Waals surface area contributed by atoms with Gasteiger partial charge in [0.25, 0.3) is 0 Å².